The van der Waals surface area contributed by atoms with Gasteiger partial charge in [-0.15, -0.1) is 0 Å². The van der Waals surface area contributed by atoms with Crippen LogP contribution in [0.3, 0.4) is 0 Å². The second-order valence-corrected chi connectivity index (χ2v) is 3.33. The van der Waals surface area contributed by atoms with E-state index in [9.17, 15) is 14.9 Å². The van der Waals surface area contributed by atoms with Crippen LogP contribution >= 0.6 is 15.9 Å². The van der Waals surface area contributed by atoms with Crippen molar-refractivity contribution in [2.45, 2.75) is 6.92 Å². The molecule has 0 heterocycles. The molecule has 0 amide bonds. The van der Waals surface area contributed by atoms with Crippen LogP contribution in [0, 0.1) is 17.0 Å². The van der Waals surface area contributed by atoms with Gasteiger partial charge < -0.3 is 0 Å². The molecule has 0 atom stereocenters. The maximum Gasteiger partial charge on any atom is 0.270 e. The first kappa shape index (κ1) is 9.85. The highest BCUT2D eigenvalue weighted by Gasteiger charge is 2.11. The van der Waals surface area contributed by atoms with E-state index in [1.165, 1.54) is 12.1 Å². The van der Waals surface area contributed by atoms with E-state index in [1.54, 1.807) is 6.92 Å². The lowest BCUT2D eigenvalue weighted by atomic mass is 10.1. The van der Waals surface area contributed by atoms with E-state index in [-0.39, 0.29) is 5.69 Å². The molecule has 0 bridgehead atoms. The van der Waals surface area contributed by atoms with Crippen LogP contribution in [0.4, 0.5) is 5.69 Å². The van der Waals surface area contributed by atoms with Crippen molar-refractivity contribution >= 4 is 27.9 Å². The summed E-state index contributed by atoms with van der Waals surface area (Å²) in [5, 5.41) is 10.4. The monoisotopic (exact) mass is 243 g/mol. The average molecular weight is 244 g/mol. The molecule has 0 saturated heterocycles. The zero-order valence-corrected chi connectivity index (χ0v) is 8.37. The molecule has 0 fully saturated rings. The Morgan fingerprint density at radius 2 is 2.15 bits per heavy atom. The molecule has 5 heteroatoms. The SMILES string of the molecule is Cc1cc([N+](=O)[O-])cc(C=O)c1Br. The van der Waals surface area contributed by atoms with E-state index in [1.807, 2.05) is 0 Å². The van der Waals surface area contributed by atoms with Gasteiger partial charge in [-0.3, -0.25) is 14.9 Å². The lowest BCUT2D eigenvalue weighted by Gasteiger charge is -2.00. The number of benzene rings is 1. The predicted octanol–water partition coefficient (Wildman–Crippen LogP) is 2.48. The topological polar surface area (TPSA) is 60.2 Å². The molecule has 0 N–H and O–H groups in total. The normalized spacial score (nSPS) is 9.69. The van der Waals surface area contributed by atoms with E-state index in [0.717, 1.165) is 0 Å². The minimum Gasteiger partial charge on any atom is -0.298 e. The number of aldehydes is 1. The average Bonchev–Trinajstić information content (AvgIpc) is 2.09. The Hall–Kier alpha value is -1.23. The largest absolute Gasteiger partial charge is 0.298 e. The Labute approximate surface area is 82.8 Å². The summed E-state index contributed by atoms with van der Waals surface area (Å²) in [5.74, 6) is 0. The van der Waals surface area contributed by atoms with Gasteiger partial charge in [-0.1, -0.05) is 0 Å². The Kier molecular flexibility index (Phi) is 2.77. The van der Waals surface area contributed by atoms with E-state index in [2.05, 4.69) is 15.9 Å². The van der Waals surface area contributed by atoms with Gasteiger partial charge in [0, 0.05) is 22.2 Å². The van der Waals surface area contributed by atoms with Crippen LogP contribution in [-0.2, 0) is 0 Å². The Morgan fingerprint density at radius 3 is 2.62 bits per heavy atom. The van der Waals surface area contributed by atoms with Crippen LogP contribution < -0.4 is 0 Å². The van der Waals surface area contributed by atoms with Gasteiger partial charge in [-0.05, 0) is 28.4 Å². The highest BCUT2D eigenvalue weighted by Crippen LogP contribution is 2.25. The number of hydrogen-bond donors (Lipinski definition) is 0. The first-order valence-electron chi connectivity index (χ1n) is 3.46. The molecule has 0 aliphatic rings. The number of carbonyl (C=O) groups excluding carboxylic acids is 1. The van der Waals surface area contributed by atoms with E-state index in [4.69, 9.17) is 0 Å². The standard InChI is InChI=1S/C8H6BrNO3/c1-5-2-7(10(12)13)3-6(4-11)8(5)9/h2-4H,1H3. The van der Waals surface area contributed by atoms with Crippen LogP contribution in [0.25, 0.3) is 0 Å². The molecule has 0 unspecified atom stereocenters. The van der Waals surface area contributed by atoms with Crippen LogP contribution in [0.5, 0.6) is 0 Å². The van der Waals surface area contributed by atoms with Crippen molar-refractivity contribution in [2.75, 3.05) is 0 Å². The van der Waals surface area contributed by atoms with Gasteiger partial charge in [0.1, 0.15) is 0 Å². The van der Waals surface area contributed by atoms with E-state index < -0.39 is 4.92 Å². The number of carbonyl (C=O) groups is 1. The van der Waals surface area contributed by atoms with Gasteiger partial charge in [-0.25, -0.2) is 0 Å². The zero-order chi connectivity index (χ0) is 10.0. The molecule has 68 valence electrons. The molecule has 1 aromatic carbocycles. The minimum atomic E-state index is -0.521. The van der Waals surface area contributed by atoms with Crippen molar-refractivity contribution in [3.63, 3.8) is 0 Å². The fourth-order valence-electron chi connectivity index (χ4n) is 0.968. The van der Waals surface area contributed by atoms with Crippen molar-refractivity contribution in [3.05, 3.63) is 37.8 Å². The summed E-state index contributed by atoms with van der Waals surface area (Å²) in [6, 6.07) is 2.65. The van der Waals surface area contributed by atoms with Gasteiger partial charge in [0.15, 0.2) is 6.29 Å². The fourth-order valence-corrected chi connectivity index (χ4v) is 1.29. The second kappa shape index (κ2) is 3.66. The summed E-state index contributed by atoms with van der Waals surface area (Å²) in [6.07, 6.45) is 0.587. The van der Waals surface area contributed by atoms with Crippen molar-refractivity contribution in [1.82, 2.24) is 0 Å². The minimum absolute atomic E-state index is 0.0669. The van der Waals surface area contributed by atoms with Crippen LogP contribution in [0.1, 0.15) is 15.9 Å². The number of aryl methyl sites for hydroxylation is 1. The van der Waals surface area contributed by atoms with Crippen molar-refractivity contribution < 1.29 is 9.72 Å². The molecule has 0 aliphatic carbocycles. The Balaban J connectivity index is 3.38. The quantitative estimate of drug-likeness (QED) is 0.456. The smallest absolute Gasteiger partial charge is 0.270 e. The number of hydrogen-bond acceptors (Lipinski definition) is 3. The lowest BCUT2D eigenvalue weighted by molar-refractivity contribution is -0.384. The Morgan fingerprint density at radius 1 is 1.54 bits per heavy atom. The van der Waals surface area contributed by atoms with Gasteiger partial charge in [-0.2, -0.15) is 0 Å². The van der Waals surface area contributed by atoms with E-state index in [0.29, 0.717) is 21.9 Å². The number of rotatable bonds is 2. The van der Waals surface area contributed by atoms with Crippen LogP contribution in [-0.4, -0.2) is 11.2 Å². The number of nitro groups is 1. The van der Waals surface area contributed by atoms with Gasteiger partial charge in [0.05, 0.1) is 4.92 Å². The van der Waals surface area contributed by atoms with Gasteiger partial charge >= 0.3 is 0 Å². The number of nitro benzene ring substituents is 1. The van der Waals surface area contributed by atoms with Crippen molar-refractivity contribution in [3.8, 4) is 0 Å². The van der Waals surface area contributed by atoms with Crippen LogP contribution in [0.2, 0.25) is 0 Å². The first-order chi connectivity index (χ1) is 6.06. The fraction of sp³-hybridized carbons (Fsp3) is 0.125. The Bertz CT molecular complexity index is 376. The molecule has 0 saturated carbocycles. The molecule has 1 aromatic rings. The number of halogens is 1. The third-order valence-electron chi connectivity index (χ3n) is 1.61. The highest BCUT2D eigenvalue weighted by molar-refractivity contribution is 9.10. The predicted molar refractivity (Wildman–Crippen MR) is 50.9 cm³/mol. The number of non-ortho nitro benzene ring substituents is 1. The molecule has 0 aliphatic heterocycles. The third-order valence-corrected chi connectivity index (χ3v) is 2.69. The maximum atomic E-state index is 10.5. The van der Waals surface area contributed by atoms with Gasteiger partial charge in [0.25, 0.3) is 5.69 Å². The molecular weight excluding hydrogens is 238 g/mol. The molecule has 4 nitrogen and oxygen atoms in total. The molecule has 0 aromatic heterocycles. The molecule has 13 heavy (non-hydrogen) atoms. The summed E-state index contributed by atoms with van der Waals surface area (Å²) >= 11 is 3.17. The highest BCUT2D eigenvalue weighted by atomic mass is 79.9. The molecule has 0 radical (unpaired) electrons. The summed E-state index contributed by atoms with van der Waals surface area (Å²) in [5.41, 5.74) is 0.908. The zero-order valence-electron chi connectivity index (χ0n) is 6.78. The summed E-state index contributed by atoms with van der Waals surface area (Å²) < 4.78 is 0.605. The summed E-state index contributed by atoms with van der Waals surface area (Å²) in [6.45, 7) is 1.70. The number of nitrogens with zero attached hydrogens (tertiary/aromatic N) is 1. The summed E-state index contributed by atoms with van der Waals surface area (Å²) in [7, 11) is 0. The first-order valence-corrected chi connectivity index (χ1v) is 4.25. The molecule has 0 spiro atoms. The van der Waals surface area contributed by atoms with Crippen molar-refractivity contribution in [2.24, 2.45) is 0 Å². The molecule has 1 rings (SSSR count). The van der Waals surface area contributed by atoms with E-state index >= 15 is 0 Å². The van der Waals surface area contributed by atoms with Gasteiger partial charge in [0.2, 0.25) is 0 Å². The van der Waals surface area contributed by atoms with Crippen LogP contribution in [0.15, 0.2) is 16.6 Å². The third kappa shape index (κ3) is 1.92. The lowest BCUT2D eigenvalue weighted by Crippen LogP contribution is -1.93. The molecular formula is C8H6BrNO3. The maximum absolute atomic E-state index is 10.5. The second-order valence-electron chi connectivity index (χ2n) is 2.54. The van der Waals surface area contributed by atoms with Crippen molar-refractivity contribution in [1.29, 1.82) is 0 Å². The summed E-state index contributed by atoms with van der Waals surface area (Å²) in [4.78, 5) is 20.4.